The molecule has 0 aromatic carbocycles. The zero-order valence-electron chi connectivity index (χ0n) is 10.9. The number of hydrogen-bond acceptors (Lipinski definition) is 3. The highest BCUT2D eigenvalue weighted by Crippen LogP contribution is 2.16. The van der Waals surface area contributed by atoms with E-state index in [4.69, 9.17) is 0 Å². The van der Waals surface area contributed by atoms with E-state index in [0.29, 0.717) is 6.04 Å². The Labute approximate surface area is 104 Å². The maximum absolute atomic E-state index is 4.05. The number of aromatic nitrogens is 1. The molecular weight excluding hydrogens is 210 g/mol. The van der Waals surface area contributed by atoms with Crippen LogP contribution in [0.1, 0.15) is 31.4 Å². The van der Waals surface area contributed by atoms with Crippen LogP contribution in [-0.4, -0.2) is 36.6 Å². The molecule has 17 heavy (non-hydrogen) atoms. The van der Waals surface area contributed by atoms with E-state index in [1.54, 1.807) is 0 Å². The van der Waals surface area contributed by atoms with Crippen molar-refractivity contribution in [1.29, 1.82) is 0 Å². The van der Waals surface area contributed by atoms with E-state index in [-0.39, 0.29) is 0 Å². The van der Waals surface area contributed by atoms with Crippen LogP contribution in [0.3, 0.4) is 0 Å². The molecule has 1 fully saturated rings. The smallest absolute Gasteiger partial charge is 0.0293 e. The molecule has 1 aliphatic heterocycles. The predicted octanol–water partition coefficient (Wildman–Crippen LogP) is 2.07. The zero-order chi connectivity index (χ0) is 12.1. The van der Waals surface area contributed by atoms with E-state index in [9.17, 15) is 0 Å². The molecule has 0 bridgehead atoms. The Kier molecular flexibility index (Phi) is 4.51. The molecule has 0 amide bonds. The molecule has 1 unspecified atom stereocenters. The molecule has 1 N–H and O–H groups in total. The topological polar surface area (TPSA) is 28.2 Å². The molecule has 1 aromatic rings. The van der Waals surface area contributed by atoms with Crippen molar-refractivity contribution in [2.45, 2.75) is 25.8 Å². The number of pyridine rings is 1. The van der Waals surface area contributed by atoms with Gasteiger partial charge in [0.15, 0.2) is 0 Å². The fourth-order valence-electron chi connectivity index (χ4n) is 2.55. The summed E-state index contributed by atoms with van der Waals surface area (Å²) in [6.45, 7) is 5.84. The lowest BCUT2D eigenvalue weighted by atomic mass is 9.98. The van der Waals surface area contributed by atoms with Crippen molar-refractivity contribution in [1.82, 2.24) is 15.2 Å². The molecular formula is C14H23N3. The van der Waals surface area contributed by atoms with Gasteiger partial charge in [-0.3, -0.25) is 4.98 Å². The first-order valence-electron chi connectivity index (χ1n) is 6.57. The third-order valence-corrected chi connectivity index (χ3v) is 3.64. The summed E-state index contributed by atoms with van der Waals surface area (Å²) >= 11 is 0. The van der Waals surface area contributed by atoms with E-state index >= 15 is 0 Å². The van der Waals surface area contributed by atoms with E-state index in [1.807, 2.05) is 12.4 Å². The van der Waals surface area contributed by atoms with Gasteiger partial charge in [-0.1, -0.05) is 0 Å². The van der Waals surface area contributed by atoms with Gasteiger partial charge < -0.3 is 10.2 Å². The minimum atomic E-state index is 0.422. The number of hydrogen-bond donors (Lipinski definition) is 1. The van der Waals surface area contributed by atoms with Crippen LogP contribution in [0, 0.1) is 5.92 Å². The van der Waals surface area contributed by atoms with Gasteiger partial charge in [0.2, 0.25) is 0 Å². The number of piperidine rings is 1. The minimum absolute atomic E-state index is 0.422. The summed E-state index contributed by atoms with van der Waals surface area (Å²) in [7, 11) is 2.22. The number of nitrogens with one attached hydrogen (secondary N) is 1. The normalized spacial score (nSPS) is 23.5. The zero-order valence-corrected chi connectivity index (χ0v) is 10.9. The lowest BCUT2D eigenvalue weighted by Gasteiger charge is -2.30. The summed E-state index contributed by atoms with van der Waals surface area (Å²) in [5, 5.41) is 3.63. The van der Waals surface area contributed by atoms with Crippen molar-refractivity contribution in [3.63, 3.8) is 0 Å². The standard InChI is InChI=1S/C14H23N3/c1-12(14-5-7-15-8-6-14)16-10-13-4-3-9-17(2)11-13/h5-8,12-13,16H,3-4,9-11H2,1-2H3/t12-,13?/m1/s1. The molecule has 3 heteroatoms. The fraction of sp³-hybridized carbons (Fsp3) is 0.643. The first-order chi connectivity index (χ1) is 8.25. The van der Waals surface area contributed by atoms with Gasteiger partial charge in [-0.15, -0.1) is 0 Å². The summed E-state index contributed by atoms with van der Waals surface area (Å²) in [6.07, 6.45) is 6.43. The van der Waals surface area contributed by atoms with E-state index in [0.717, 1.165) is 12.5 Å². The first kappa shape index (κ1) is 12.5. The van der Waals surface area contributed by atoms with Crippen LogP contribution in [0.25, 0.3) is 0 Å². The summed E-state index contributed by atoms with van der Waals surface area (Å²) in [5.74, 6) is 0.804. The van der Waals surface area contributed by atoms with Crippen LogP contribution < -0.4 is 5.32 Å². The molecule has 1 aliphatic rings. The Hall–Kier alpha value is -0.930. The molecule has 0 saturated carbocycles. The number of nitrogens with zero attached hydrogens (tertiary/aromatic N) is 2. The van der Waals surface area contributed by atoms with Gasteiger partial charge in [-0.2, -0.15) is 0 Å². The lowest BCUT2D eigenvalue weighted by Crippen LogP contribution is -2.37. The average Bonchev–Trinajstić information content (AvgIpc) is 2.37. The van der Waals surface area contributed by atoms with Gasteiger partial charge in [0.05, 0.1) is 0 Å². The van der Waals surface area contributed by atoms with Gasteiger partial charge in [0.1, 0.15) is 0 Å². The molecule has 1 aromatic heterocycles. The summed E-state index contributed by atoms with van der Waals surface area (Å²) in [5.41, 5.74) is 1.32. The molecule has 1 saturated heterocycles. The Morgan fingerprint density at radius 3 is 2.94 bits per heavy atom. The van der Waals surface area contributed by atoms with Crippen molar-refractivity contribution in [3.8, 4) is 0 Å². The van der Waals surface area contributed by atoms with Gasteiger partial charge in [0.25, 0.3) is 0 Å². The van der Waals surface area contributed by atoms with Crippen LogP contribution in [0.5, 0.6) is 0 Å². The highest BCUT2D eigenvalue weighted by Gasteiger charge is 2.17. The molecule has 2 rings (SSSR count). The van der Waals surface area contributed by atoms with Crippen LogP contribution in [0.4, 0.5) is 0 Å². The molecule has 0 radical (unpaired) electrons. The summed E-state index contributed by atoms with van der Waals surface area (Å²) in [4.78, 5) is 6.49. The van der Waals surface area contributed by atoms with E-state index < -0.39 is 0 Å². The van der Waals surface area contributed by atoms with Crippen molar-refractivity contribution in [2.24, 2.45) is 5.92 Å². The highest BCUT2D eigenvalue weighted by atomic mass is 15.1. The van der Waals surface area contributed by atoms with Crippen molar-refractivity contribution < 1.29 is 0 Å². The second-order valence-corrected chi connectivity index (χ2v) is 5.18. The van der Waals surface area contributed by atoms with Gasteiger partial charge >= 0.3 is 0 Å². The van der Waals surface area contributed by atoms with Crippen molar-refractivity contribution in [2.75, 3.05) is 26.7 Å². The maximum atomic E-state index is 4.05. The Balaban J connectivity index is 1.78. The third-order valence-electron chi connectivity index (χ3n) is 3.64. The largest absolute Gasteiger partial charge is 0.310 e. The average molecular weight is 233 g/mol. The van der Waals surface area contributed by atoms with Crippen molar-refractivity contribution >= 4 is 0 Å². The van der Waals surface area contributed by atoms with Gasteiger partial charge in [-0.25, -0.2) is 0 Å². The van der Waals surface area contributed by atoms with Gasteiger partial charge in [-0.05, 0) is 63.5 Å². The van der Waals surface area contributed by atoms with Crippen LogP contribution >= 0.6 is 0 Å². The fourth-order valence-corrected chi connectivity index (χ4v) is 2.55. The molecule has 3 nitrogen and oxygen atoms in total. The number of rotatable bonds is 4. The molecule has 94 valence electrons. The molecule has 0 spiro atoms. The summed E-state index contributed by atoms with van der Waals surface area (Å²) in [6, 6.07) is 4.60. The van der Waals surface area contributed by atoms with Crippen molar-refractivity contribution in [3.05, 3.63) is 30.1 Å². The maximum Gasteiger partial charge on any atom is 0.0293 e. The molecule has 2 heterocycles. The Morgan fingerprint density at radius 2 is 2.24 bits per heavy atom. The van der Waals surface area contributed by atoms with Crippen LogP contribution in [-0.2, 0) is 0 Å². The lowest BCUT2D eigenvalue weighted by molar-refractivity contribution is 0.203. The summed E-state index contributed by atoms with van der Waals surface area (Å²) < 4.78 is 0. The Bertz CT molecular complexity index is 325. The second-order valence-electron chi connectivity index (χ2n) is 5.18. The quantitative estimate of drug-likeness (QED) is 0.863. The Morgan fingerprint density at radius 1 is 1.47 bits per heavy atom. The molecule has 0 aliphatic carbocycles. The van der Waals surface area contributed by atoms with Crippen LogP contribution in [0.2, 0.25) is 0 Å². The van der Waals surface area contributed by atoms with Gasteiger partial charge in [0, 0.05) is 25.0 Å². The van der Waals surface area contributed by atoms with E-state index in [1.165, 1.54) is 31.5 Å². The molecule has 2 atom stereocenters. The second kappa shape index (κ2) is 6.12. The number of likely N-dealkylation sites (tertiary alicyclic amines) is 1. The third kappa shape index (κ3) is 3.79. The minimum Gasteiger partial charge on any atom is -0.310 e. The monoisotopic (exact) mass is 233 g/mol. The first-order valence-corrected chi connectivity index (χ1v) is 6.57. The van der Waals surface area contributed by atoms with E-state index in [2.05, 4.69) is 41.3 Å². The predicted molar refractivity (Wildman–Crippen MR) is 70.9 cm³/mol. The SMILES string of the molecule is C[C@@H](NCC1CCCN(C)C1)c1ccncc1. The highest BCUT2D eigenvalue weighted by molar-refractivity contribution is 5.13. The van der Waals surface area contributed by atoms with Crippen LogP contribution in [0.15, 0.2) is 24.5 Å².